The summed E-state index contributed by atoms with van der Waals surface area (Å²) < 4.78 is 1.28. The van der Waals surface area contributed by atoms with E-state index in [-0.39, 0.29) is 6.54 Å². The molecule has 2 atom stereocenters. The Bertz CT molecular complexity index is 497. The number of carbonyl (C=O) groups excluding carboxylic acids is 2. The predicted octanol–water partition coefficient (Wildman–Crippen LogP) is -0.336. The van der Waals surface area contributed by atoms with Crippen LogP contribution in [0, 0.1) is 11.8 Å². The average Bonchev–Trinajstić information content (AvgIpc) is 2.73. The maximum Gasteiger partial charge on any atom is 0.307 e. The lowest BCUT2D eigenvalue weighted by molar-refractivity contribution is -0.145. The Morgan fingerprint density at radius 3 is 2.58 bits per heavy atom. The van der Waals surface area contributed by atoms with E-state index in [1.54, 1.807) is 0 Å². The highest BCUT2D eigenvalue weighted by atomic mass is 16.4. The number of carboxylic acid groups (broad SMARTS) is 1. The second-order valence-electron chi connectivity index (χ2n) is 4.30. The molecule has 1 aromatic rings. The minimum absolute atomic E-state index is 0.0864. The summed E-state index contributed by atoms with van der Waals surface area (Å²) in [5, 5.41) is 15.2. The zero-order valence-electron chi connectivity index (χ0n) is 10.7. The third kappa shape index (κ3) is 4.09. The third-order valence-electron chi connectivity index (χ3n) is 2.77. The smallest absolute Gasteiger partial charge is 0.307 e. The fourth-order valence-corrected chi connectivity index (χ4v) is 1.37. The Hall–Kier alpha value is -2.38. The molecule has 104 valence electrons. The highest BCUT2D eigenvalue weighted by Gasteiger charge is 2.25. The van der Waals surface area contributed by atoms with Gasteiger partial charge in [0.1, 0.15) is 6.54 Å². The lowest BCUT2D eigenvalue weighted by Gasteiger charge is -2.14. The summed E-state index contributed by atoms with van der Waals surface area (Å²) in [7, 11) is 0. The van der Waals surface area contributed by atoms with Crippen LogP contribution in [-0.2, 0) is 20.9 Å². The van der Waals surface area contributed by atoms with Crippen LogP contribution in [0.5, 0.6) is 0 Å². The Kier molecular flexibility index (Phi) is 4.62. The summed E-state index contributed by atoms with van der Waals surface area (Å²) >= 11 is 0. The van der Waals surface area contributed by atoms with Crippen molar-refractivity contribution in [2.45, 2.75) is 20.4 Å². The topological polar surface area (TPSA) is 127 Å². The van der Waals surface area contributed by atoms with Gasteiger partial charge in [0.2, 0.25) is 11.8 Å². The standard InChI is InChI=1S/C11H16N4O4/c1-6(7(2)11(18)19)10(17)14-8-3-13-15(4-8)5-9(12)16/h3-4,6-7H,5H2,1-2H3,(H2,12,16)(H,14,17)(H,18,19). The summed E-state index contributed by atoms with van der Waals surface area (Å²) in [4.78, 5) is 33.2. The molecule has 0 radical (unpaired) electrons. The maximum atomic E-state index is 11.8. The van der Waals surface area contributed by atoms with Crippen molar-refractivity contribution in [2.24, 2.45) is 17.6 Å². The second-order valence-corrected chi connectivity index (χ2v) is 4.30. The van der Waals surface area contributed by atoms with Crippen molar-refractivity contribution in [1.29, 1.82) is 0 Å². The van der Waals surface area contributed by atoms with Gasteiger partial charge in [-0.05, 0) is 0 Å². The molecule has 0 aliphatic heterocycles. The lowest BCUT2D eigenvalue weighted by Crippen LogP contribution is -2.29. The van der Waals surface area contributed by atoms with Gasteiger partial charge in [0, 0.05) is 12.1 Å². The van der Waals surface area contributed by atoms with Crippen molar-refractivity contribution in [3.8, 4) is 0 Å². The molecule has 19 heavy (non-hydrogen) atoms. The number of carboxylic acids is 1. The van der Waals surface area contributed by atoms with Gasteiger partial charge < -0.3 is 16.2 Å². The molecular weight excluding hydrogens is 252 g/mol. The molecule has 2 unspecified atom stereocenters. The van der Waals surface area contributed by atoms with E-state index in [1.165, 1.54) is 30.9 Å². The van der Waals surface area contributed by atoms with E-state index in [2.05, 4.69) is 10.4 Å². The highest BCUT2D eigenvalue weighted by molar-refractivity contribution is 5.94. The summed E-state index contributed by atoms with van der Waals surface area (Å²) in [6.45, 7) is 2.90. The Labute approximate surface area is 109 Å². The maximum absolute atomic E-state index is 11.8. The molecule has 0 aliphatic carbocycles. The van der Waals surface area contributed by atoms with E-state index in [9.17, 15) is 14.4 Å². The van der Waals surface area contributed by atoms with Crippen molar-refractivity contribution < 1.29 is 19.5 Å². The first kappa shape index (κ1) is 14.7. The van der Waals surface area contributed by atoms with Gasteiger partial charge in [-0.1, -0.05) is 13.8 Å². The largest absolute Gasteiger partial charge is 0.481 e. The molecule has 0 fully saturated rings. The van der Waals surface area contributed by atoms with Crippen molar-refractivity contribution >= 4 is 23.5 Å². The zero-order valence-corrected chi connectivity index (χ0v) is 10.7. The molecule has 0 bridgehead atoms. The molecule has 1 rings (SSSR count). The number of nitrogens with zero attached hydrogens (tertiary/aromatic N) is 2. The van der Waals surface area contributed by atoms with Gasteiger partial charge in [0.25, 0.3) is 0 Å². The molecule has 0 spiro atoms. The van der Waals surface area contributed by atoms with E-state index in [1.807, 2.05) is 0 Å². The Balaban J connectivity index is 2.64. The number of anilines is 1. The molecule has 0 aliphatic rings. The fourth-order valence-electron chi connectivity index (χ4n) is 1.37. The van der Waals surface area contributed by atoms with Crippen LogP contribution in [0.15, 0.2) is 12.4 Å². The molecule has 8 nitrogen and oxygen atoms in total. The average molecular weight is 268 g/mol. The summed E-state index contributed by atoms with van der Waals surface area (Å²) in [6, 6.07) is 0. The van der Waals surface area contributed by atoms with E-state index < -0.39 is 29.6 Å². The molecule has 1 aromatic heterocycles. The minimum atomic E-state index is -1.04. The Morgan fingerprint density at radius 1 is 1.42 bits per heavy atom. The van der Waals surface area contributed by atoms with Gasteiger partial charge in [-0.3, -0.25) is 19.1 Å². The molecular formula is C11H16N4O4. The highest BCUT2D eigenvalue weighted by Crippen LogP contribution is 2.14. The molecule has 0 saturated heterocycles. The molecule has 2 amide bonds. The number of hydrogen-bond donors (Lipinski definition) is 3. The van der Waals surface area contributed by atoms with Crippen LogP contribution in [0.4, 0.5) is 5.69 Å². The van der Waals surface area contributed by atoms with Crippen molar-refractivity contribution in [2.75, 3.05) is 5.32 Å². The minimum Gasteiger partial charge on any atom is -0.481 e. The van der Waals surface area contributed by atoms with Gasteiger partial charge in [-0.2, -0.15) is 5.10 Å². The normalized spacial score (nSPS) is 13.6. The van der Waals surface area contributed by atoms with Crippen LogP contribution >= 0.6 is 0 Å². The zero-order chi connectivity index (χ0) is 14.6. The quantitative estimate of drug-likeness (QED) is 0.650. The number of amides is 2. The first-order valence-corrected chi connectivity index (χ1v) is 5.65. The van der Waals surface area contributed by atoms with E-state index >= 15 is 0 Å². The monoisotopic (exact) mass is 268 g/mol. The van der Waals surface area contributed by atoms with Gasteiger partial charge >= 0.3 is 5.97 Å². The number of carbonyl (C=O) groups is 3. The summed E-state index contributed by atoms with van der Waals surface area (Å²) in [5.41, 5.74) is 5.39. The van der Waals surface area contributed by atoms with Gasteiger partial charge in [-0.25, -0.2) is 0 Å². The predicted molar refractivity (Wildman–Crippen MR) is 66.0 cm³/mol. The van der Waals surface area contributed by atoms with E-state index in [4.69, 9.17) is 10.8 Å². The lowest BCUT2D eigenvalue weighted by atomic mass is 9.95. The molecule has 4 N–H and O–H groups in total. The first-order valence-electron chi connectivity index (χ1n) is 5.65. The van der Waals surface area contributed by atoms with Crippen LogP contribution in [-0.4, -0.2) is 32.7 Å². The molecule has 0 aromatic carbocycles. The first-order chi connectivity index (χ1) is 8.81. The van der Waals surface area contributed by atoms with Crippen molar-refractivity contribution in [3.63, 3.8) is 0 Å². The van der Waals surface area contributed by atoms with Crippen LogP contribution < -0.4 is 11.1 Å². The number of aromatic nitrogens is 2. The number of nitrogens with two attached hydrogens (primary N) is 1. The van der Waals surface area contributed by atoms with Crippen LogP contribution in [0.2, 0.25) is 0 Å². The van der Waals surface area contributed by atoms with Crippen LogP contribution in [0.3, 0.4) is 0 Å². The SMILES string of the molecule is CC(C(=O)O)C(C)C(=O)Nc1cnn(CC(N)=O)c1. The Morgan fingerprint density at radius 2 is 2.05 bits per heavy atom. The fraction of sp³-hybridized carbons (Fsp3) is 0.455. The molecule has 1 heterocycles. The number of primary amides is 1. The number of aliphatic carboxylic acids is 1. The van der Waals surface area contributed by atoms with Crippen LogP contribution in [0.1, 0.15) is 13.8 Å². The molecule has 8 heteroatoms. The van der Waals surface area contributed by atoms with Crippen molar-refractivity contribution in [3.05, 3.63) is 12.4 Å². The molecule has 0 saturated carbocycles. The van der Waals surface area contributed by atoms with Crippen LogP contribution in [0.25, 0.3) is 0 Å². The number of hydrogen-bond acceptors (Lipinski definition) is 4. The second kappa shape index (κ2) is 5.98. The third-order valence-corrected chi connectivity index (χ3v) is 2.77. The van der Waals surface area contributed by atoms with Gasteiger partial charge in [0.05, 0.1) is 17.8 Å². The summed E-state index contributed by atoms with van der Waals surface area (Å²) in [6.07, 6.45) is 2.81. The number of rotatable bonds is 6. The van der Waals surface area contributed by atoms with Crippen molar-refractivity contribution in [1.82, 2.24) is 9.78 Å². The van der Waals surface area contributed by atoms with Gasteiger partial charge in [-0.15, -0.1) is 0 Å². The summed E-state index contributed by atoms with van der Waals surface area (Å²) in [5.74, 6) is -3.48. The van der Waals surface area contributed by atoms with Gasteiger partial charge in [0.15, 0.2) is 0 Å². The number of nitrogens with one attached hydrogen (secondary N) is 1. The van der Waals surface area contributed by atoms with E-state index in [0.717, 1.165) is 0 Å². The van der Waals surface area contributed by atoms with E-state index in [0.29, 0.717) is 5.69 Å².